The first-order valence-electron chi connectivity index (χ1n) is 8.55. The first-order valence-corrected chi connectivity index (χ1v) is 8.55. The van der Waals surface area contributed by atoms with Gasteiger partial charge in [-0.1, -0.05) is 31.4 Å². The largest absolute Gasteiger partial charge is 0.465 e. The molecule has 0 heterocycles. The number of hydrogen-bond donors (Lipinski definition) is 1. The molecule has 0 amide bonds. The SMILES string of the molecule is COC(=O)c1ccc(C2(O)[C@@H]3CCC[C@]24CCCC[C@@H]34)cc1. The lowest BCUT2D eigenvalue weighted by Crippen LogP contribution is -2.71. The molecule has 22 heavy (non-hydrogen) atoms. The summed E-state index contributed by atoms with van der Waals surface area (Å²) in [6, 6.07) is 7.47. The fourth-order valence-electron chi connectivity index (χ4n) is 5.92. The van der Waals surface area contributed by atoms with Gasteiger partial charge in [-0.15, -0.1) is 0 Å². The quantitative estimate of drug-likeness (QED) is 0.848. The van der Waals surface area contributed by atoms with Crippen molar-refractivity contribution in [1.29, 1.82) is 0 Å². The Morgan fingerprint density at radius 2 is 1.77 bits per heavy atom. The Hall–Kier alpha value is -1.35. The van der Waals surface area contributed by atoms with Gasteiger partial charge in [-0.3, -0.25) is 0 Å². The Morgan fingerprint density at radius 1 is 1.09 bits per heavy atom. The molecule has 0 saturated heterocycles. The van der Waals surface area contributed by atoms with Crippen LogP contribution in [0.15, 0.2) is 24.3 Å². The van der Waals surface area contributed by atoms with Crippen LogP contribution >= 0.6 is 0 Å². The van der Waals surface area contributed by atoms with E-state index in [1.54, 1.807) is 12.1 Å². The van der Waals surface area contributed by atoms with E-state index in [1.807, 2.05) is 12.1 Å². The van der Waals surface area contributed by atoms with E-state index in [4.69, 9.17) is 4.74 Å². The molecule has 118 valence electrons. The van der Waals surface area contributed by atoms with Crippen molar-refractivity contribution < 1.29 is 14.6 Å². The predicted molar refractivity (Wildman–Crippen MR) is 83.4 cm³/mol. The van der Waals surface area contributed by atoms with Crippen LogP contribution in [-0.4, -0.2) is 18.2 Å². The van der Waals surface area contributed by atoms with Crippen LogP contribution in [0.5, 0.6) is 0 Å². The molecule has 3 aliphatic carbocycles. The van der Waals surface area contributed by atoms with Crippen LogP contribution in [0.1, 0.15) is 60.9 Å². The van der Waals surface area contributed by atoms with Crippen molar-refractivity contribution >= 4 is 5.97 Å². The van der Waals surface area contributed by atoms with Gasteiger partial charge in [0.15, 0.2) is 0 Å². The lowest BCUT2D eigenvalue weighted by molar-refractivity contribution is -0.312. The highest BCUT2D eigenvalue weighted by Crippen LogP contribution is 2.74. The van der Waals surface area contributed by atoms with E-state index in [0.29, 0.717) is 17.4 Å². The molecular weight excluding hydrogens is 276 g/mol. The van der Waals surface area contributed by atoms with Gasteiger partial charge < -0.3 is 9.84 Å². The number of hydrogen-bond acceptors (Lipinski definition) is 3. The summed E-state index contributed by atoms with van der Waals surface area (Å²) in [5, 5.41) is 11.6. The van der Waals surface area contributed by atoms with Crippen LogP contribution in [0.2, 0.25) is 0 Å². The molecule has 3 fully saturated rings. The average Bonchev–Trinajstić information content (AvgIpc) is 2.59. The normalized spacial score (nSPS) is 39.5. The molecule has 0 aliphatic heterocycles. The van der Waals surface area contributed by atoms with E-state index in [-0.39, 0.29) is 11.4 Å². The standard InChI is InChI=1S/C19H24O3/c1-22-17(20)13-7-9-14(10-8-13)19(21)16-6-4-12-18(19)11-3-2-5-15(16)18/h7-10,15-16,21H,2-6,11-12H2,1H3/t15-,16+,18-,19?/m0/s1. The average molecular weight is 300 g/mol. The van der Waals surface area contributed by atoms with Gasteiger partial charge in [0.1, 0.15) is 0 Å². The van der Waals surface area contributed by atoms with E-state index < -0.39 is 5.60 Å². The van der Waals surface area contributed by atoms with Crippen molar-refractivity contribution in [1.82, 2.24) is 0 Å². The summed E-state index contributed by atoms with van der Waals surface area (Å²) in [5.74, 6) is 0.798. The van der Waals surface area contributed by atoms with Gasteiger partial charge in [0.05, 0.1) is 18.3 Å². The summed E-state index contributed by atoms with van der Waals surface area (Å²) in [7, 11) is 1.39. The summed E-state index contributed by atoms with van der Waals surface area (Å²) in [5.41, 5.74) is 0.978. The molecule has 0 radical (unpaired) electrons. The maximum atomic E-state index is 11.6. The summed E-state index contributed by atoms with van der Waals surface area (Å²) in [6.45, 7) is 0. The third-order valence-electron chi connectivity index (χ3n) is 6.76. The molecule has 1 N–H and O–H groups in total. The molecule has 4 rings (SSSR count). The highest BCUT2D eigenvalue weighted by Gasteiger charge is 2.72. The van der Waals surface area contributed by atoms with Gasteiger partial charge in [-0.25, -0.2) is 4.79 Å². The molecule has 2 bridgehead atoms. The Balaban J connectivity index is 1.70. The highest BCUT2D eigenvalue weighted by atomic mass is 16.5. The topological polar surface area (TPSA) is 46.5 Å². The lowest BCUT2D eigenvalue weighted by Gasteiger charge is -2.72. The number of methoxy groups -OCH3 is 1. The molecule has 4 atom stereocenters. The van der Waals surface area contributed by atoms with Crippen molar-refractivity contribution in [2.45, 2.75) is 50.5 Å². The predicted octanol–water partition coefficient (Wildman–Crippen LogP) is 3.65. The van der Waals surface area contributed by atoms with Crippen molar-refractivity contribution in [2.75, 3.05) is 7.11 Å². The molecule has 3 saturated carbocycles. The van der Waals surface area contributed by atoms with E-state index in [2.05, 4.69) is 0 Å². The van der Waals surface area contributed by atoms with Crippen LogP contribution < -0.4 is 0 Å². The number of ether oxygens (including phenoxy) is 1. The van der Waals surface area contributed by atoms with Crippen LogP contribution in [0.25, 0.3) is 0 Å². The van der Waals surface area contributed by atoms with Gasteiger partial charge in [0.25, 0.3) is 0 Å². The van der Waals surface area contributed by atoms with Crippen LogP contribution in [0, 0.1) is 17.3 Å². The fourth-order valence-corrected chi connectivity index (χ4v) is 5.92. The van der Waals surface area contributed by atoms with E-state index >= 15 is 0 Å². The van der Waals surface area contributed by atoms with Crippen molar-refractivity contribution in [3.05, 3.63) is 35.4 Å². The van der Waals surface area contributed by atoms with Gasteiger partial charge in [0.2, 0.25) is 0 Å². The highest BCUT2D eigenvalue weighted by molar-refractivity contribution is 5.89. The monoisotopic (exact) mass is 300 g/mol. The Labute approximate surface area is 131 Å². The Bertz CT molecular complexity index is 587. The molecule has 3 heteroatoms. The van der Waals surface area contributed by atoms with Gasteiger partial charge >= 0.3 is 5.97 Å². The van der Waals surface area contributed by atoms with Crippen molar-refractivity contribution in [3.8, 4) is 0 Å². The van der Waals surface area contributed by atoms with Gasteiger partial charge in [0, 0.05) is 5.41 Å². The number of carbonyl (C=O) groups excluding carboxylic acids is 1. The number of rotatable bonds is 2. The zero-order chi connectivity index (χ0) is 15.4. The second-order valence-electron chi connectivity index (χ2n) is 7.34. The molecule has 3 aliphatic rings. The minimum absolute atomic E-state index is 0.0982. The minimum atomic E-state index is -0.676. The summed E-state index contributed by atoms with van der Waals surface area (Å²) >= 11 is 0. The maximum absolute atomic E-state index is 11.6. The second kappa shape index (κ2) is 4.82. The molecular formula is C19H24O3. The minimum Gasteiger partial charge on any atom is -0.465 e. The zero-order valence-corrected chi connectivity index (χ0v) is 13.2. The number of fused-ring (bicyclic) bond motifs is 2. The molecule has 1 aromatic rings. The number of esters is 1. The van der Waals surface area contributed by atoms with Crippen LogP contribution in [0.3, 0.4) is 0 Å². The van der Waals surface area contributed by atoms with Crippen molar-refractivity contribution in [2.24, 2.45) is 17.3 Å². The van der Waals surface area contributed by atoms with Crippen molar-refractivity contribution in [3.63, 3.8) is 0 Å². The summed E-state index contributed by atoms with van der Waals surface area (Å²) < 4.78 is 4.76. The first kappa shape index (κ1) is 14.3. The van der Waals surface area contributed by atoms with Gasteiger partial charge in [-0.05, 0) is 55.2 Å². The van der Waals surface area contributed by atoms with Gasteiger partial charge in [-0.2, -0.15) is 0 Å². The Morgan fingerprint density at radius 3 is 2.50 bits per heavy atom. The third-order valence-corrected chi connectivity index (χ3v) is 6.76. The van der Waals surface area contributed by atoms with Crippen LogP contribution in [0.4, 0.5) is 0 Å². The summed E-state index contributed by atoms with van der Waals surface area (Å²) in [4.78, 5) is 11.6. The first-order chi connectivity index (χ1) is 10.6. The second-order valence-corrected chi connectivity index (χ2v) is 7.34. The molecule has 1 spiro atoms. The van der Waals surface area contributed by atoms with E-state index in [0.717, 1.165) is 24.8 Å². The van der Waals surface area contributed by atoms with Crippen LogP contribution in [-0.2, 0) is 10.3 Å². The smallest absolute Gasteiger partial charge is 0.337 e. The molecule has 1 aromatic carbocycles. The number of carbonyl (C=O) groups is 1. The molecule has 0 aromatic heterocycles. The fraction of sp³-hybridized carbons (Fsp3) is 0.632. The number of aliphatic hydroxyl groups is 1. The third kappa shape index (κ3) is 1.58. The maximum Gasteiger partial charge on any atom is 0.337 e. The summed E-state index contributed by atoms with van der Waals surface area (Å²) in [6.07, 6.45) is 8.55. The Kier molecular flexibility index (Phi) is 3.12. The molecule has 3 nitrogen and oxygen atoms in total. The lowest BCUT2D eigenvalue weighted by atomic mass is 9.34. The molecule has 1 unspecified atom stereocenters. The van der Waals surface area contributed by atoms with E-state index in [9.17, 15) is 9.90 Å². The zero-order valence-electron chi connectivity index (χ0n) is 13.2. The number of benzene rings is 1. The van der Waals surface area contributed by atoms with E-state index in [1.165, 1.54) is 32.8 Å².